The van der Waals surface area contributed by atoms with E-state index in [2.05, 4.69) is 10.6 Å². The molecule has 0 aliphatic heterocycles. The zero-order valence-corrected chi connectivity index (χ0v) is 17.9. The highest BCUT2D eigenvalue weighted by atomic mass is 32.2. The number of furan rings is 1. The number of hydrogen-bond acceptors (Lipinski definition) is 6. The SMILES string of the molecule is CNC(=O)c1c(-c2ccc(F)cc2)oc2cc(NCS(C)(=O)=O)c(OC(C)C)cc12. The molecular formula is C21H23FN2O5S. The summed E-state index contributed by atoms with van der Waals surface area (Å²) in [5.41, 5.74) is 1.59. The Morgan fingerprint density at radius 1 is 1.20 bits per heavy atom. The largest absolute Gasteiger partial charge is 0.489 e. The van der Waals surface area contributed by atoms with Crippen LogP contribution in [0.25, 0.3) is 22.3 Å². The van der Waals surface area contributed by atoms with Crippen molar-refractivity contribution in [1.82, 2.24) is 5.32 Å². The first kappa shape index (κ1) is 21.6. The third-order valence-electron chi connectivity index (χ3n) is 4.24. The Hall–Kier alpha value is -3.07. The predicted molar refractivity (Wildman–Crippen MR) is 114 cm³/mol. The molecule has 2 N–H and O–H groups in total. The average Bonchev–Trinajstić information content (AvgIpc) is 3.03. The number of amides is 1. The standard InChI is InChI=1S/C21H23FN2O5S/c1-12(2)28-18-9-15-17(10-16(18)24-11-30(4,26)27)29-20(19(15)21(25)23-3)13-5-7-14(22)8-6-13/h5-10,12,24H,11H2,1-4H3,(H,23,25). The van der Waals surface area contributed by atoms with Gasteiger partial charge in [-0.1, -0.05) is 0 Å². The Morgan fingerprint density at radius 2 is 1.87 bits per heavy atom. The Kier molecular flexibility index (Phi) is 6.02. The van der Waals surface area contributed by atoms with E-state index in [4.69, 9.17) is 9.15 Å². The summed E-state index contributed by atoms with van der Waals surface area (Å²) in [6.45, 7) is 3.67. The number of nitrogens with one attached hydrogen (secondary N) is 2. The molecule has 0 saturated carbocycles. The normalized spacial score (nSPS) is 11.7. The minimum atomic E-state index is -3.29. The maximum Gasteiger partial charge on any atom is 0.255 e. The van der Waals surface area contributed by atoms with Gasteiger partial charge in [-0.15, -0.1) is 0 Å². The molecule has 1 amide bonds. The van der Waals surface area contributed by atoms with Crippen LogP contribution in [0, 0.1) is 5.82 Å². The van der Waals surface area contributed by atoms with E-state index in [0.717, 1.165) is 6.26 Å². The molecule has 0 radical (unpaired) electrons. The van der Waals surface area contributed by atoms with Crippen molar-refractivity contribution in [3.63, 3.8) is 0 Å². The van der Waals surface area contributed by atoms with Crippen molar-refractivity contribution >= 4 is 32.4 Å². The van der Waals surface area contributed by atoms with Crippen LogP contribution in [-0.2, 0) is 9.84 Å². The van der Waals surface area contributed by atoms with Gasteiger partial charge in [0.25, 0.3) is 5.91 Å². The number of sulfone groups is 1. The van der Waals surface area contributed by atoms with Crippen molar-refractivity contribution in [3.8, 4) is 17.1 Å². The molecule has 0 saturated heterocycles. The van der Waals surface area contributed by atoms with Gasteiger partial charge in [0, 0.05) is 30.3 Å². The van der Waals surface area contributed by atoms with E-state index >= 15 is 0 Å². The molecule has 0 atom stereocenters. The number of anilines is 1. The van der Waals surface area contributed by atoms with Gasteiger partial charge >= 0.3 is 0 Å². The number of halogens is 1. The minimum Gasteiger partial charge on any atom is -0.489 e. The molecule has 160 valence electrons. The van der Waals surface area contributed by atoms with Crippen LogP contribution >= 0.6 is 0 Å². The summed E-state index contributed by atoms with van der Waals surface area (Å²) in [4.78, 5) is 12.6. The molecule has 0 aliphatic carbocycles. The zero-order chi connectivity index (χ0) is 22.1. The van der Waals surface area contributed by atoms with E-state index in [-0.39, 0.29) is 29.2 Å². The summed E-state index contributed by atoms with van der Waals surface area (Å²) in [6.07, 6.45) is 0.929. The molecular weight excluding hydrogens is 411 g/mol. The number of hydrogen-bond donors (Lipinski definition) is 2. The van der Waals surface area contributed by atoms with E-state index < -0.39 is 15.7 Å². The topological polar surface area (TPSA) is 97.6 Å². The van der Waals surface area contributed by atoms with Gasteiger partial charge in [-0.25, -0.2) is 12.8 Å². The Morgan fingerprint density at radius 3 is 2.43 bits per heavy atom. The monoisotopic (exact) mass is 434 g/mol. The number of ether oxygens (including phenoxy) is 1. The highest BCUT2D eigenvalue weighted by molar-refractivity contribution is 7.90. The molecule has 3 aromatic rings. The molecule has 1 heterocycles. The molecule has 0 aliphatic rings. The summed E-state index contributed by atoms with van der Waals surface area (Å²) in [7, 11) is -1.78. The maximum absolute atomic E-state index is 13.4. The van der Waals surface area contributed by atoms with Crippen molar-refractivity contribution in [1.29, 1.82) is 0 Å². The second-order valence-electron chi connectivity index (χ2n) is 7.15. The second kappa shape index (κ2) is 8.35. The molecule has 7 nitrogen and oxygen atoms in total. The smallest absolute Gasteiger partial charge is 0.255 e. The fourth-order valence-electron chi connectivity index (χ4n) is 2.98. The lowest BCUT2D eigenvalue weighted by Crippen LogP contribution is -2.18. The number of carbonyl (C=O) groups excluding carboxylic acids is 1. The molecule has 0 fully saturated rings. The van der Waals surface area contributed by atoms with Crippen LogP contribution in [0.2, 0.25) is 0 Å². The first-order valence-electron chi connectivity index (χ1n) is 9.26. The minimum absolute atomic E-state index is 0.187. The predicted octanol–water partition coefficient (Wildman–Crippen LogP) is 3.80. The third kappa shape index (κ3) is 4.73. The molecule has 0 unspecified atom stereocenters. The van der Waals surface area contributed by atoms with Gasteiger partial charge in [-0.3, -0.25) is 4.79 Å². The van der Waals surface area contributed by atoms with Gasteiger partial charge in [0.15, 0.2) is 9.84 Å². The number of fused-ring (bicyclic) bond motifs is 1. The first-order chi connectivity index (χ1) is 14.1. The van der Waals surface area contributed by atoms with Gasteiger partial charge < -0.3 is 19.8 Å². The van der Waals surface area contributed by atoms with Crippen molar-refractivity contribution in [2.24, 2.45) is 0 Å². The molecule has 2 aromatic carbocycles. The average molecular weight is 434 g/mol. The van der Waals surface area contributed by atoms with Gasteiger partial charge in [-0.2, -0.15) is 0 Å². The second-order valence-corrected chi connectivity index (χ2v) is 9.29. The van der Waals surface area contributed by atoms with Crippen LogP contribution in [0.4, 0.5) is 10.1 Å². The Bertz CT molecular complexity index is 1180. The summed E-state index contributed by atoms with van der Waals surface area (Å²) in [5, 5.41) is 5.93. The van der Waals surface area contributed by atoms with Crippen LogP contribution in [0.1, 0.15) is 24.2 Å². The van der Waals surface area contributed by atoms with Gasteiger partial charge in [0.2, 0.25) is 0 Å². The number of rotatable bonds is 7. The number of benzene rings is 2. The summed E-state index contributed by atoms with van der Waals surface area (Å²) < 4.78 is 48.3. The number of carbonyl (C=O) groups is 1. The van der Waals surface area contributed by atoms with Crippen molar-refractivity contribution in [2.75, 3.05) is 24.5 Å². The summed E-state index contributed by atoms with van der Waals surface area (Å²) >= 11 is 0. The molecule has 3 rings (SSSR count). The van der Waals surface area contributed by atoms with E-state index in [1.54, 1.807) is 12.1 Å². The van der Waals surface area contributed by atoms with Gasteiger partial charge in [0.05, 0.1) is 17.4 Å². The maximum atomic E-state index is 13.4. The van der Waals surface area contributed by atoms with Crippen LogP contribution in [0.3, 0.4) is 0 Å². The van der Waals surface area contributed by atoms with Crippen molar-refractivity contribution in [2.45, 2.75) is 20.0 Å². The Balaban J connectivity index is 2.23. The van der Waals surface area contributed by atoms with Crippen LogP contribution in [0.5, 0.6) is 5.75 Å². The zero-order valence-electron chi connectivity index (χ0n) is 17.1. The quantitative estimate of drug-likeness (QED) is 0.587. The lowest BCUT2D eigenvalue weighted by Gasteiger charge is -2.15. The fraction of sp³-hybridized carbons (Fsp3) is 0.286. The molecule has 9 heteroatoms. The van der Waals surface area contributed by atoms with E-state index in [9.17, 15) is 17.6 Å². The fourth-order valence-corrected chi connectivity index (χ4v) is 3.39. The van der Waals surface area contributed by atoms with Gasteiger partial charge in [0.1, 0.15) is 28.8 Å². The van der Waals surface area contributed by atoms with Crippen molar-refractivity contribution < 1.29 is 26.8 Å². The highest BCUT2D eigenvalue weighted by Gasteiger charge is 2.24. The summed E-state index contributed by atoms with van der Waals surface area (Å²) in [5.74, 6) is -0.407. The van der Waals surface area contributed by atoms with E-state index in [0.29, 0.717) is 28.0 Å². The Labute approximate surface area is 174 Å². The van der Waals surface area contributed by atoms with Crippen LogP contribution in [-0.4, -0.2) is 39.6 Å². The van der Waals surface area contributed by atoms with Gasteiger partial charge in [-0.05, 0) is 44.2 Å². The highest BCUT2D eigenvalue weighted by Crippen LogP contribution is 2.39. The molecule has 1 aromatic heterocycles. The van der Waals surface area contributed by atoms with E-state index in [1.165, 1.54) is 31.3 Å². The molecule has 30 heavy (non-hydrogen) atoms. The third-order valence-corrected chi connectivity index (χ3v) is 4.91. The lowest BCUT2D eigenvalue weighted by atomic mass is 10.0. The van der Waals surface area contributed by atoms with E-state index in [1.807, 2.05) is 13.8 Å². The van der Waals surface area contributed by atoms with Crippen LogP contribution < -0.4 is 15.4 Å². The van der Waals surface area contributed by atoms with Crippen LogP contribution in [0.15, 0.2) is 40.8 Å². The molecule has 0 bridgehead atoms. The lowest BCUT2D eigenvalue weighted by molar-refractivity contribution is 0.0964. The van der Waals surface area contributed by atoms with Crippen molar-refractivity contribution in [3.05, 3.63) is 47.8 Å². The first-order valence-corrected chi connectivity index (χ1v) is 11.3. The molecule has 0 spiro atoms. The summed E-state index contributed by atoms with van der Waals surface area (Å²) in [6, 6.07) is 8.84.